The highest BCUT2D eigenvalue weighted by Gasteiger charge is 2.20. The summed E-state index contributed by atoms with van der Waals surface area (Å²) in [5, 5.41) is 9.73. The van der Waals surface area contributed by atoms with Gasteiger partial charge in [0, 0.05) is 24.6 Å². The third kappa shape index (κ3) is 3.96. The lowest BCUT2D eigenvalue weighted by molar-refractivity contribution is -0.131. The average Bonchev–Trinajstić information content (AvgIpc) is 2.42. The summed E-state index contributed by atoms with van der Waals surface area (Å²) in [4.78, 5) is 27.2. The predicted octanol–water partition coefficient (Wildman–Crippen LogP) is 2.10. The second-order valence-electron chi connectivity index (χ2n) is 4.39. The molecule has 0 saturated heterocycles. The number of carbonyl (C=O) groups is 2. The van der Waals surface area contributed by atoms with Gasteiger partial charge in [-0.05, 0) is 32.0 Å². The SMILES string of the molecule is CCN(CC)C(=O)CN(C)C(=O)c1cc(Br)ccc1O. The summed E-state index contributed by atoms with van der Waals surface area (Å²) < 4.78 is 0.696. The van der Waals surface area contributed by atoms with Crippen molar-refractivity contribution in [3.63, 3.8) is 0 Å². The predicted molar refractivity (Wildman–Crippen MR) is 80.7 cm³/mol. The van der Waals surface area contributed by atoms with Crippen LogP contribution in [-0.4, -0.2) is 53.4 Å². The normalized spacial score (nSPS) is 10.2. The van der Waals surface area contributed by atoms with E-state index in [0.29, 0.717) is 17.6 Å². The third-order valence-corrected chi connectivity index (χ3v) is 3.52. The summed E-state index contributed by atoms with van der Waals surface area (Å²) in [5.41, 5.74) is 0.175. The summed E-state index contributed by atoms with van der Waals surface area (Å²) in [5.74, 6) is -0.593. The fourth-order valence-corrected chi connectivity index (χ4v) is 2.20. The zero-order valence-electron chi connectivity index (χ0n) is 11.9. The minimum absolute atomic E-state index is 0.00747. The number of phenolic OH excluding ortho intramolecular Hbond substituents is 1. The van der Waals surface area contributed by atoms with Crippen molar-refractivity contribution in [2.24, 2.45) is 0 Å². The van der Waals surface area contributed by atoms with Crippen LogP contribution in [0.1, 0.15) is 24.2 Å². The molecule has 5 nitrogen and oxygen atoms in total. The van der Waals surface area contributed by atoms with E-state index in [1.165, 1.54) is 17.0 Å². The summed E-state index contributed by atoms with van der Waals surface area (Å²) >= 11 is 3.25. The van der Waals surface area contributed by atoms with Crippen LogP contribution in [0.3, 0.4) is 0 Å². The van der Waals surface area contributed by atoms with Crippen LogP contribution in [0, 0.1) is 0 Å². The summed E-state index contributed by atoms with van der Waals surface area (Å²) in [6.45, 7) is 5.00. The van der Waals surface area contributed by atoms with Gasteiger partial charge in [-0.2, -0.15) is 0 Å². The van der Waals surface area contributed by atoms with Gasteiger partial charge in [-0.1, -0.05) is 15.9 Å². The first-order chi connectivity index (χ1) is 9.40. The Morgan fingerprint density at radius 1 is 1.25 bits per heavy atom. The number of phenols is 1. The molecule has 0 aliphatic rings. The van der Waals surface area contributed by atoms with E-state index < -0.39 is 0 Å². The number of likely N-dealkylation sites (N-methyl/N-ethyl adjacent to an activating group) is 2. The van der Waals surface area contributed by atoms with Gasteiger partial charge < -0.3 is 14.9 Å². The highest BCUT2D eigenvalue weighted by Crippen LogP contribution is 2.22. The molecule has 2 amide bonds. The Bertz CT molecular complexity index is 501. The molecule has 110 valence electrons. The van der Waals surface area contributed by atoms with Crippen LogP contribution in [0.5, 0.6) is 5.75 Å². The van der Waals surface area contributed by atoms with Crippen LogP contribution in [0.4, 0.5) is 0 Å². The molecule has 0 aliphatic heterocycles. The van der Waals surface area contributed by atoms with Crippen LogP contribution in [0.2, 0.25) is 0 Å². The van der Waals surface area contributed by atoms with Crippen LogP contribution in [0.25, 0.3) is 0 Å². The lowest BCUT2D eigenvalue weighted by Gasteiger charge is -2.23. The van der Waals surface area contributed by atoms with E-state index in [-0.39, 0.29) is 29.7 Å². The molecule has 0 unspecified atom stereocenters. The Labute approximate surface area is 127 Å². The first-order valence-electron chi connectivity index (χ1n) is 6.42. The number of aromatic hydroxyl groups is 1. The monoisotopic (exact) mass is 342 g/mol. The smallest absolute Gasteiger partial charge is 0.257 e. The number of amides is 2. The lowest BCUT2D eigenvalue weighted by atomic mass is 10.2. The van der Waals surface area contributed by atoms with Crippen molar-refractivity contribution in [2.75, 3.05) is 26.7 Å². The maximum Gasteiger partial charge on any atom is 0.257 e. The number of carbonyl (C=O) groups excluding carboxylic acids is 2. The average molecular weight is 343 g/mol. The van der Waals surface area contributed by atoms with Crippen molar-refractivity contribution in [2.45, 2.75) is 13.8 Å². The summed E-state index contributed by atoms with van der Waals surface area (Å²) in [6.07, 6.45) is 0. The van der Waals surface area contributed by atoms with Crippen LogP contribution in [-0.2, 0) is 4.79 Å². The van der Waals surface area contributed by atoms with Crippen LogP contribution >= 0.6 is 15.9 Å². The quantitative estimate of drug-likeness (QED) is 0.891. The van der Waals surface area contributed by atoms with Gasteiger partial charge in [-0.25, -0.2) is 0 Å². The zero-order chi connectivity index (χ0) is 15.3. The van der Waals surface area contributed by atoms with Gasteiger partial charge in [0.25, 0.3) is 5.91 Å². The number of hydrogen-bond acceptors (Lipinski definition) is 3. The number of benzene rings is 1. The molecular weight excluding hydrogens is 324 g/mol. The molecule has 1 aromatic rings. The molecule has 1 aromatic carbocycles. The minimum Gasteiger partial charge on any atom is -0.507 e. The molecule has 0 aliphatic carbocycles. The van der Waals surface area contributed by atoms with Crippen LogP contribution in [0.15, 0.2) is 22.7 Å². The van der Waals surface area contributed by atoms with Gasteiger partial charge in [0.05, 0.1) is 12.1 Å². The summed E-state index contributed by atoms with van der Waals surface area (Å²) in [7, 11) is 1.55. The third-order valence-electron chi connectivity index (χ3n) is 3.02. The van der Waals surface area contributed by atoms with E-state index in [0.717, 1.165) is 0 Å². The van der Waals surface area contributed by atoms with E-state index >= 15 is 0 Å². The maximum absolute atomic E-state index is 12.2. The number of halogens is 1. The molecule has 0 radical (unpaired) electrons. The summed E-state index contributed by atoms with van der Waals surface area (Å²) in [6, 6.07) is 4.63. The molecule has 0 fully saturated rings. The van der Waals surface area contributed by atoms with Gasteiger partial charge in [0.1, 0.15) is 5.75 Å². The molecule has 0 bridgehead atoms. The van der Waals surface area contributed by atoms with Crippen LogP contribution < -0.4 is 0 Å². The molecule has 0 saturated carbocycles. The van der Waals surface area contributed by atoms with Gasteiger partial charge in [0.2, 0.25) is 5.91 Å². The minimum atomic E-state index is -0.385. The molecule has 1 N–H and O–H groups in total. The number of hydrogen-bond donors (Lipinski definition) is 1. The van der Waals surface area contributed by atoms with Gasteiger partial charge in [-0.15, -0.1) is 0 Å². The Morgan fingerprint density at radius 2 is 1.85 bits per heavy atom. The van der Waals surface area contributed by atoms with Crippen molar-refractivity contribution in [3.8, 4) is 5.75 Å². The van der Waals surface area contributed by atoms with Gasteiger partial charge >= 0.3 is 0 Å². The standard InChI is InChI=1S/C14H19BrN2O3/c1-4-17(5-2)13(19)9-16(3)14(20)11-8-10(15)6-7-12(11)18/h6-8,18H,4-5,9H2,1-3H3. The number of nitrogens with zero attached hydrogens (tertiary/aromatic N) is 2. The van der Waals surface area contributed by atoms with Crippen molar-refractivity contribution in [3.05, 3.63) is 28.2 Å². The van der Waals surface area contributed by atoms with E-state index in [4.69, 9.17) is 0 Å². The van der Waals surface area contributed by atoms with E-state index in [9.17, 15) is 14.7 Å². The topological polar surface area (TPSA) is 60.9 Å². The Morgan fingerprint density at radius 3 is 2.40 bits per heavy atom. The Kier molecular flexibility index (Phi) is 6.01. The zero-order valence-corrected chi connectivity index (χ0v) is 13.5. The number of rotatable bonds is 5. The molecule has 20 heavy (non-hydrogen) atoms. The fraction of sp³-hybridized carbons (Fsp3) is 0.429. The first-order valence-corrected chi connectivity index (χ1v) is 7.21. The van der Waals surface area contributed by atoms with Crippen molar-refractivity contribution in [1.82, 2.24) is 9.80 Å². The lowest BCUT2D eigenvalue weighted by Crippen LogP contribution is -2.41. The molecule has 0 heterocycles. The highest BCUT2D eigenvalue weighted by molar-refractivity contribution is 9.10. The first kappa shape index (κ1) is 16.5. The molecule has 0 atom stereocenters. The van der Waals surface area contributed by atoms with E-state index in [1.54, 1.807) is 18.0 Å². The van der Waals surface area contributed by atoms with Crippen molar-refractivity contribution >= 4 is 27.7 Å². The van der Waals surface area contributed by atoms with E-state index in [1.807, 2.05) is 13.8 Å². The second-order valence-corrected chi connectivity index (χ2v) is 5.30. The molecule has 1 rings (SSSR count). The van der Waals surface area contributed by atoms with Crippen molar-refractivity contribution < 1.29 is 14.7 Å². The van der Waals surface area contributed by atoms with Gasteiger partial charge in [0.15, 0.2) is 0 Å². The largest absolute Gasteiger partial charge is 0.507 e. The molecule has 0 spiro atoms. The second kappa shape index (κ2) is 7.28. The van der Waals surface area contributed by atoms with Crippen molar-refractivity contribution in [1.29, 1.82) is 0 Å². The molecule has 6 heteroatoms. The Hall–Kier alpha value is -1.56. The Balaban J connectivity index is 2.82. The molecular formula is C14H19BrN2O3. The molecule has 0 aromatic heterocycles. The fourth-order valence-electron chi connectivity index (χ4n) is 1.84. The highest BCUT2D eigenvalue weighted by atomic mass is 79.9. The van der Waals surface area contributed by atoms with Gasteiger partial charge in [-0.3, -0.25) is 9.59 Å². The maximum atomic E-state index is 12.2. The van der Waals surface area contributed by atoms with E-state index in [2.05, 4.69) is 15.9 Å².